The lowest BCUT2D eigenvalue weighted by Gasteiger charge is -2.37. The summed E-state index contributed by atoms with van der Waals surface area (Å²) in [5.41, 5.74) is 1.79. The van der Waals surface area contributed by atoms with Crippen molar-refractivity contribution < 1.29 is 9.59 Å². The SMILES string of the molecule is CNCC(=O)N1CCN(c2ccccc2C(=O)N2CCCCC2)CC1. The molecule has 3 rings (SSSR count). The average Bonchev–Trinajstić information content (AvgIpc) is 2.68. The van der Waals surface area contributed by atoms with Crippen LogP contribution in [0.5, 0.6) is 0 Å². The van der Waals surface area contributed by atoms with E-state index >= 15 is 0 Å². The Morgan fingerprint density at radius 3 is 2.28 bits per heavy atom. The van der Waals surface area contributed by atoms with Gasteiger partial charge in [0.15, 0.2) is 0 Å². The number of piperidine rings is 1. The van der Waals surface area contributed by atoms with Gasteiger partial charge in [-0.25, -0.2) is 0 Å². The number of nitrogens with zero attached hydrogens (tertiary/aromatic N) is 3. The number of carbonyl (C=O) groups excluding carboxylic acids is 2. The molecule has 0 bridgehead atoms. The molecule has 2 fully saturated rings. The van der Waals surface area contributed by atoms with Crippen LogP contribution in [-0.2, 0) is 4.79 Å². The zero-order valence-electron chi connectivity index (χ0n) is 15.0. The number of hydrogen-bond acceptors (Lipinski definition) is 4. The zero-order chi connectivity index (χ0) is 17.6. The highest BCUT2D eigenvalue weighted by atomic mass is 16.2. The van der Waals surface area contributed by atoms with Crippen molar-refractivity contribution in [1.82, 2.24) is 15.1 Å². The average molecular weight is 344 g/mol. The lowest BCUT2D eigenvalue weighted by molar-refractivity contribution is -0.130. The van der Waals surface area contributed by atoms with Crippen LogP contribution in [0.3, 0.4) is 0 Å². The lowest BCUT2D eigenvalue weighted by Crippen LogP contribution is -2.51. The van der Waals surface area contributed by atoms with Gasteiger partial charge in [-0.1, -0.05) is 12.1 Å². The van der Waals surface area contributed by atoms with Gasteiger partial charge in [-0.15, -0.1) is 0 Å². The smallest absolute Gasteiger partial charge is 0.255 e. The van der Waals surface area contributed by atoms with Gasteiger partial charge in [0.1, 0.15) is 0 Å². The Kier molecular flexibility index (Phi) is 5.91. The van der Waals surface area contributed by atoms with Crippen LogP contribution >= 0.6 is 0 Å². The molecule has 0 aromatic heterocycles. The van der Waals surface area contributed by atoms with E-state index in [2.05, 4.69) is 10.2 Å². The number of carbonyl (C=O) groups is 2. The van der Waals surface area contributed by atoms with Crippen LogP contribution in [-0.4, -0.2) is 74.5 Å². The van der Waals surface area contributed by atoms with Crippen molar-refractivity contribution in [1.29, 1.82) is 0 Å². The number of likely N-dealkylation sites (N-methyl/N-ethyl adjacent to an activating group) is 1. The highest BCUT2D eigenvalue weighted by Gasteiger charge is 2.26. The number of hydrogen-bond donors (Lipinski definition) is 1. The van der Waals surface area contributed by atoms with E-state index in [1.807, 2.05) is 34.1 Å². The van der Waals surface area contributed by atoms with Gasteiger partial charge in [-0.05, 0) is 38.4 Å². The minimum absolute atomic E-state index is 0.139. The van der Waals surface area contributed by atoms with Crippen molar-refractivity contribution in [3.05, 3.63) is 29.8 Å². The predicted octanol–water partition coefficient (Wildman–Crippen LogP) is 1.18. The highest BCUT2D eigenvalue weighted by Crippen LogP contribution is 2.24. The maximum absolute atomic E-state index is 12.9. The molecule has 2 amide bonds. The number of para-hydroxylation sites is 1. The highest BCUT2D eigenvalue weighted by molar-refractivity contribution is 6.00. The van der Waals surface area contributed by atoms with E-state index in [0.29, 0.717) is 19.6 Å². The van der Waals surface area contributed by atoms with Gasteiger partial charge in [0, 0.05) is 45.0 Å². The largest absolute Gasteiger partial charge is 0.367 e. The molecular weight excluding hydrogens is 316 g/mol. The molecule has 6 nitrogen and oxygen atoms in total. The third-order valence-electron chi connectivity index (χ3n) is 5.08. The number of likely N-dealkylation sites (tertiary alicyclic amines) is 1. The van der Waals surface area contributed by atoms with E-state index in [0.717, 1.165) is 50.3 Å². The van der Waals surface area contributed by atoms with E-state index in [1.54, 1.807) is 7.05 Å². The van der Waals surface area contributed by atoms with Crippen molar-refractivity contribution in [2.75, 3.05) is 57.8 Å². The number of nitrogens with one attached hydrogen (secondary N) is 1. The van der Waals surface area contributed by atoms with Crippen LogP contribution < -0.4 is 10.2 Å². The summed E-state index contributed by atoms with van der Waals surface area (Å²) in [7, 11) is 1.79. The fourth-order valence-electron chi connectivity index (χ4n) is 3.66. The first-order chi connectivity index (χ1) is 12.2. The third-order valence-corrected chi connectivity index (χ3v) is 5.08. The number of amides is 2. The molecule has 0 aliphatic carbocycles. The normalized spacial score (nSPS) is 18.4. The van der Waals surface area contributed by atoms with Crippen LogP contribution in [0.2, 0.25) is 0 Å². The number of benzene rings is 1. The van der Waals surface area contributed by atoms with E-state index < -0.39 is 0 Å². The molecule has 6 heteroatoms. The van der Waals surface area contributed by atoms with Crippen LogP contribution in [0.1, 0.15) is 29.6 Å². The Morgan fingerprint density at radius 2 is 1.60 bits per heavy atom. The summed E-state index contributed by atoms with van der Waals surface area (Å²) < 4.78 is 0. The van der Waals surface area contributed by atoms with Gasteiger partial charge in [-0.2, -0.15) is 0 Å². The molecule has 0 unspecified atom stereocenters. The van der Waals surface area contributed by atoms with Gasteiger partial charge in [0.05, 0.1) is 12.1 Å². The zero-order valence-corrected chi connectivity index (χ0v) is 15.0. The summed E-state index contributed by atoms with van der Waals surface area (Å²) in [6.07, 6.45) is 3.41. The first-order valence-corrected chi connectivity index (χ1v) is 9.26. The Balaban J connectivity index is 1.69. The molecule has 0 atom stereocenters. The molecule has 25 heavy (non-hydrogen) atoms. The lowest BCUT2D eigenvalue weighted by atomic mass is 10.1. The summed E-state index contributed by atoms with van der Waals surface area (Å²) in [5.74, 6) is 0.281. The Morgan fingerprint density at radius 1 is 0.920 bits per heavy atom. The Hall–Kier alpha value is -2.08. The summed E-state index contributed by atoms with van der Waals surface area (Å²) in [6, 6.07) is 7.89. The number of piperazine rings is 1. The van der Waals surface area contributed by atoms with Crippen molar-refractivity contribution in [2.24, 2.45) is 0 Å². The summed E-state index contributed by atoms with van der Waals surface area (Å²) in [6.45, 7) is 5.03. The van der Waals surface area contributed by atoms with Crippen LogP contribution in [0, 0.1) is 0 Å². The van der Waals surface area contributed by atoms with Gasteiger partial charge >= 0.3 is 0 Å². The summed E-state index contributed by atoms with van der Waals surface area (Å²) in [5, 5.41) is 2.91. The molecule has 1 N–H and O–H groups in total. The van der Waals surface area contributed by atoms with E-state index in [9.17, 15) is 9.59 Å². The van der Waals surface area contributed by atoms with E-state index in [4.69, 9.17) is 0 Å². The first kappa shape index (κ1) is 17.7. The minimum Gasteiger partial charge on any atom is -0.367 e. The maximum Gasteiger partial charge on any atom is 0.255 e. The molecule has 0 saturated carbocycles. The molecule has 0 radical (unpaired) electrons. The molecule has 2 aliphatic heterocycles. The molecule has 136 valence electrons. The van der Waals surface area contributed by atoms with Crippen molar-refractivity contribution in [3.63, 3.8) is 0 Å². The summed E-state index contributed by atoms with van der Waals surface area (Å²) >= 11 is 0. The van der Waals surface area contributed by atoms with E-state index in [-0.39, 0.29) is 11.8 Å². The molecule has 1 aromatic carbocycles. The third kappa shape index (κ3) is 4.12. The van der Waals surface area contributed by atoms with Crippen LogP contribution in [0.15, 0.2) is 24.3 Å². The molecule has 2 heterocycles. The maximum atomic E-state index is 12.9. The molecule has 2 aliphatic rings. The topological polar surface area (TPSA) is 55.9 Å². The number of rotatable bonds is 4. The van der Waals surface area contributed by atoms with Gasteiger partial charge in [-0.3, -0.25) is 9.59 Å². The molecular formula is C19H28N4O2. The monoisotopic (exact) mass is 344 g/mol. The second-order valence-electron chi connectivity index (χ2n) is 6.77. The van der Waals surface area contributed by atoms with E-state index in [1.165, 1.54) is 6.42 Å². The standard InChI is InChI=1S/C19H28N4O2/c1-20-15-18(24)22-13-11-21(12-14-22)17-8-4-3-7-16(17)19(25)23-9-5-2-6-10-23/h3-4,7-8,20H,2,5-6,9-15H2,1H3. The molecule has 1 aromatic rings. The fraction of sp³-hybridized carbons (Fsp3) is 0.579. The van der Waals surface area contributed by atoms with Gasteiger partial charge < -0.3 is 20.0 Å². The first-order valence-electron chi connectivity index (χ1n) is 9.26. The number of anilines is 1. The quantitative estimate of drug-likeness (QED) is 0.891. The Bertz CT molecular complexity index is 605. The second kappa shape index (κ2) is 8.34. The minimum atomic E-state index is 0.139. The predicted molar refractivity (Wildman–Crippen MR) is 98.9 cm³/mol. The second-order valence-corrected chi connectivity index (χ2v) is 6.77. The summed E-state index contributed by atoms with van der Waals surface area (Å²) in [4.78, 5) is 31.1. The fourth-order valence-corrected chi connectivity index (χ4v) is 3.66. The molecule has 0 spiro atoms. The van der Waals surface area contributed by atoms with Gasteiger partial charge in [0.25, 0.3) is 5.91 Å². The van der Waals surface area contributed by atoms with Gasteiger partial charge in [0.2, 0.25) is 5.91 Å². The molecule has 2 saturated heterocycles. The van der Waals surface area contributed by atoms with Crippen molar-refractivity contribution in [2.45, 2.75) is 19.3 Å². The van der Waals surface area contributed by atoms with Crippen LogP contribution in [0.25, 0.3) is 0 Å². The van der Waals surface area contributed by atoms with Crippen molar-refractivity contribution in [3.8, 4) is 0 Å². The van der Waals surface area contributed by atoms with Crippen molar-refractivity contribution >= 4 is 17.5 Å². The van der Waals surface area contributed by atoms with Crippen LogP contribution in [0.4, 0.5) is 5.69 Å². The Labute approximate surface area is 149 Å².